The second-order valence-electron chi connectivity index (χ2n) is 4.46. The molecule has 0 aromatic carbocycles. The topological polar surface area (TPSA) is 107 Å². The highest BCUT2D eigenvalue weighted by Gasteiger charge is 2.21. The van der Waals surface area contributed by atoms with Crippen LogP contribution in [0.15, 0.2) is 36.7 Å². The largest absolute Gasteiger partial charge is 0.465 e. The van der Waals surface area contributed by atoms with Gasteiger partial charge >= 0.3 is 11.7 Å². The predicted octanol–water partition coefficient (Wildman–Crippen LogP) is 2.34. The molecule has 0 aliphatic heterocycles. The van der Waals surface area contributed by atoms with E-state index in [9.17, 15) is 14.9 Å². The Morgan fingerprint density at radius 2 is 2.18 bits per heavy atom. The summed E-state index contributed by atoms with van der Waals surface area (Å²) in [7, 11) is 1.20. The van der Waals surface area contributed by atoms with Crippen LogP contribution in [0.5, 0.6) is 0 Å². The minimum Gasteiger partial charge on any atom is -0.465 e. The Morgan fingerprint density at radius 1 is 1.41 bits per heavy atom. The second kappa shape index (κ2) is 6.61. The van der Waals surface area contributed by atoms with Crippen LogP contribution in [0.4, 0.5) is 11.5 Å². The first-order chi connectivity index (χ1) is 10.5. The molecule has 0 aliphatic carbocycles. The second-order valence-corrected chi connectivity index (χ2v) is 4.46. The van der Waals surface area contributed by atoms with Crippen LogP contribution >= 0.6 is 0 Å². The maximum absolute atomic E-state index is 11.4. The first-order valence-corrected chi connectivity index (χ1v) is 6.43. The monoisotopic (exact) mass is 302 g/mol. The fourth-order valence-electron chi connectivity index (χ4n) is 1.84. The summed E-state index contributed by atoms with van der Waals surface area (Å²) in [6.45, 7) is 1.81. The van der Waals surface area contributed by atoms with Crippen LogP contribution in [-0.4, -0.2) is 28.0 Å². The standard InChI is InChI=1S/C14H14N4O4/c1-9(11-5-3-4-6-15-11)17-13-12(18(20)21)7-10(8-16-13)14(19)22-2/h3-9H,1-2H3,(H,16,17). The molecule has 8 nitrogen and oxygen atoms in total. The van der Waals surface area contributed by atoms with Gasteiger partial charge < -0.3 is 10.1 Å². The highest BCUT2D eigenvalue weighted by Crippen LogP contribution is 2.26. The Hall–Kier alpha value is -3.03. The van der Waals surface area contributed by atoms with Crippen molar-refractivity contribution in [2.24, 2.45) is 0 Å². The molecule has 0 aliphatic rings. The summed E-state index contributed by atoms with van der Waals surface area (Å²) in [6, 6.07) is 6.25. The summed E-state index contributed by atoms with van der Waals surface area (Å²) in [6.07, 6.45) is 2.86. The van der Waals surface area contributed by atoms with Gasteiger partial charge in [0.15, 0.2) is 0 Å². The van der Waals surface area contributed by atoms with E-state index in [4.69, 9.17) is 0 Å². The molecule has 0 spiro atoms. The van der Waals surface area contributed by atoms with Gasteiger partial charge in [0.25, 0.3) is 0 Å². The molecular formula is C14H14N4O4. The number of esters is 1. The molecule has 1 unspecified atom stereocenters. The lowest BCUT2D eigenvalue weighted by molar-refractivity contribution is -0.384. The number of nitrogens with one attached hydrogen (secondary N) is 1. The van der Waals surface area contributed by atoms with Crippen molar-refractivity contribution in [3.63, 3.8) is 0 Å². The minimum atomic E-state index is -0.681. The number of anilines is 1. The summed E-state index contributed by atoms with van der Waals surface area (Å²) >= 11 is 0. The van der Waals surface area contributed by atoms with Crippen LogP contribution in [0.1, 0.15) is 29.0 Å². The smallest absolute Gasteiger partial charge is 0.339 e. The number of ether oxygens (including phenoxy) is 1. The number of nitro groups is 1. The number of carbonyl (C=O) groups excluding carboxylic acids is 1. The fraction of sp³-hybridized carbons (Fsp3) is 0.214. The van der Waals surface area contributed by atoms with Crippen LogP contribution in [0.25, 0.3) is 0 Å². The van der Waals surface area contributed by atoms with Crippen molar-refractivity contribution in [3.8, 4) is 0 Å². The van der Waals surface area contributed by atoms with Crippen molar-refractivity contribution in [2.75, 3.05) is 12.4 Å². The van der Waals surface area contributed by atoms with Crippen LogP contribution in [0.3, 0.4) is 0 Å². The van der Waals surface area contributed by atoms with E-state index >= 15 is 0 Å². The molecule has 0 fully saturated rings. The number of aromatic nitrogens is 2. The molecule has 2 heterocycles. The molecule has 22 heavy (non-hydrogen) atoms. The van der Waals surface area contributed by atoms with E-state index < -0.39 is 10.9 Å². The number of rotatable bonds is 5. The summed E-state index contributed by atoms with van der Waals surface area (Å²) in [5.41, 5.74) is 0.437. The molecular weight excluding hydrogens is 288 g/mol. The van der Waals surface area contributed by atoms with Crippen molar-refractivity contribution in [3.05, 3.63) is 58.0 Å². The number of hydrogen-bond acceptors (Lipinski definition) is 7. The predicted molar refractivity (Wildman–Crippen MR) is 78.5 cm³/mol. The molecule has 0 saturated carbocycles. The van der Waals surface area contributed by atoms with E-state index in [-0.39, 0.29) is 23.1 Å². The van der Waals surface area contributed by atoms with Crippen molar-refractivity contribution in [2.45, 2.75) is 13.0 Å². The number of hydrogen-bond donors (Lipinski definition) is 1. The van der Waals surface area contributed by atoms with E-state index in [0.29, 0.717) is 0 Å². The number of methoxy groups -OCH3 is 1. The Kier molecular flexibility index (Phi) is 4.62. The first-order valence-electron chi connectivity index (χ1n) is 6.43. The van der Waals surface area contributed by atoms with Crippen molar-refractivity contribution >= 4 is 17.5 Å². The number of pyridine rings is 2. The maximum Gasteiger partial charge on any atom is 0.339 e. The molecule has 0 amide bonds. The molecule has 0 bridgehead atoms. The van der Waals surface area contributed by atoms with Gasteiger partial charge in [-0.1, -0.05) is 6.07 Å². The van der Waals surface area contributed by atoms with Crippen molar-refractivity contribution in [1.29, 1.82) is 0 Å². The number of carbonyl (C=O) groups is 1. The molecule has 0 saturated heterocycles. The number of nitrogens with zero attached hydrogens (tertiary/aromatic N) is 3. The average Bonchev–Trinajstić information content (AvgIpc) is 2.55. The van der Waals surface area contributed by atoms with Gasteiger partial charge in [0.2, 0.25) is 5.82 Å². The summed E-state index contributed by atoms with van der Waals surface area (Å²) in [5, 5.41) is 14.1. The SMILES string of the molecule is COC(=O)c1cnc(NC(C)c2ccccn2)c([N+](=O)[O-])c1. The maximum atomic E-state index is 11.4. The van der Waals surface area contributed by atoms with Gasteiger partial charge in [-0.15, -0.1) is 0 Å². The average molecular weight is 302 g/mol. The van der Waals surface area contributed by atoms with E-state index in [0.717, 1.165) is 11.8 Å². The third-order valence-electron chi connectivity index (χ3n) is 2.97. The van der Waals surface area contributed by atoms with E-state index in [1.165, 1.54) is 13.3 Å². The Labute approximate surface area is 126 Å². The summed E-state index contributed by atoms with van der Waals surface area (Å²) in [5.74, 6) is -0.615. The lowest BCUT2D eigenvalue weighted by Crippen LogP contribution is -2.12. The molecule has 0 radical (unpaired) electrons. The zero-order valence-corrected chi connectivity index (χ0v) is 12.0. The molecule has 8 heteroatoms. The molecule has 1 N–H and O–H groups in total. The van der Waals surface area contributed by atoms with Crippen LogP contribution in [0, 0.1) is 10.1 Å². The lowest BCUT2D eigenvalue weighted by atomic mass is 10.2. The summed E-state index contributed by atoms with van der Waals surface area (Å²) < 4.78 is 4.53. The zero-order valence-electron chi connectivity index (χ0n) is 12.0. The van der Waals surface area contributed by atoms with Gasteiger partial charge in [-0.2, -0.15) is 0 Å². The van der Waals surface area contributed by atoms with Gasteiger partial charge in [-0.3, -0.25) is 15.1 Å². The van der Waals surface area contributed by atoms with E-state index in [2.05, 4.69) is 20.0 Å². The van der Waals surface area contributed by atoms with Crippen LogP contribution in [0.2, 0.25) is 0 Å². The molecule has 2 aromatic rings. The quantitative estimate of drug-likeness (QED) is 0.513. The van der Waals surface area contributed by atoms with Gasteiger partial charge in [0.1, 0.15) is 0 Å². The Morgan fingerprint density at radius 3 is 2.77 bits per heavy atom. The van der Waals surface area contributed by atoms with E-state index in [1.807, 2.05) is 13.0 Å². The van der Waals surface area contributed by atoms with E-state index in [1.54, 1.807) is 18.3 Å². The summed E-state index contributed by atoms with van der Waals surface area (Å²) in [4.78, 5) is 30.1. The normalized spacial score (nSPS) is 11.5. The Balaban J connectivity index is 2.31. The first kappa shape index (κ1) is 15.4. The molecule has 114 valence electrons. The molecule has 1 atom stereocenters. The van der Waals surface area contributed by atoms with Gasteiger partial charge in [-0.05, 0) is 19.1 Å². The van der Waals surface area contributed by atoms with Gasteiger partial charge in [0, 0.05) is 18.5 Å². The van der Waals surface area contributed by atoms with Gasteiger partial charge in [0.05, 0.1) is 29.3 Å². The Bertz CT molecular complexity index is 690. The zero-order chi connectivity index (χ0) is 16.1. The van der Waals surface area contributed by atoms with Crippen molar-refractivity contribution in [1.82, 2.24) is 9.97 Å². The lowest BCUT2D eigenvalue weighted by Gasteiger charge is -2.14. The highest BCUT2D eigenvalue weighted by molar-refractivity contribution is 5.90. The van der Waals surface area contributed by atoms with Gasteiger partial charge in [-0.25, -0.2) is 9.78 Å². The third kappa shape index (κ3) is 3.35. The van der Waals surface area contributed by atoms with Crippen molar-refractivity contribution < 1.29 is 14.5 Å². The third-order valence-corrected chi connectivity index (χ3v) is 2.97. The fourth-order valence-corrected chi connectivity index (χ4v) is 1.84. The molecule has 2 aromatic heterocycles. The highest BCUT2D eigenvalue weighted by atomic mass is 16.6. The minimum absolute atomic E-state index is 0.0187. The van der Waals surface area contributed by atoms with Crippen LogP contribution in [-0.2, 0) is 4.74 Å². The van der Waals surface area contributed by atoms with Crippen LogP contribution < -0.4 is 5.32 Å². The molecule has 2 rings (SSSR count).